The minimum Gasteiger partial charge on any atom is -0.468 e. The van der Waals surface area contributed by atoms with E-state index >= 15 is 0 Å². The Labute approximate surface area is 119 Å². The van der Waals surface area contributed by atoms with Crippen LogP contribution >= 0.6 is 11.3 Å². The van der Waals surface area contributed by atoms with Crippen LogP contribution in [0.25, 0.3) is 0 Å². The molecule has 104 valence electrons. The van der Waals surface area contributed by atoms with Gasteiger partial charge in [-0.3, -0.25) is 4.90 Å². The van der Waals surface area contributed by atoms with E-state index in [4.69, 9.17) is 4.42 Å². The zero-order valence-electron chi connectivity index (χ0n) is 12.0. The maximum atomic E-state index is 5.52. The van der Waals surface area contributed by atoms with Gasteiger partial charge >= 0.3 is 0 Å². The second-order valence-electron chi connectivity index (χ2n) is 5.09. The van der Waals surface area contributed by atoms with Gasteiger partial charge in [-0.05, 0) is 57.1 Å². The van der Waals surface area contributed by atoms with Crippen molar-refractivity contribution in [1.29, 1.82) is 0 Å². The van der Waals surface area contributed by atoms with E-state index in [1.807, 2.05) is 23.5 Å². The van der Waals surface area contributed by atoms with Gasteiger partial charge in [-0.2, -0.15) is 0 Å². The zero-order chi connectivity index (χ0) is 13.8. The Bertz CT molecular complexity index is 490. The quantitative estimate of drug-likeness (QED) is 0.875. The molecule has 0 aliphatic rings. The summed E-state index contributed by atoms with van der Waals surface area (Å²) in [5.74, 6) is 1.01. The molecule has 0 fully saturated rings. The molecular formula is C15H22N2OS. The second kappa shape index (κ2) is 6.37. The van der Waals surface area contributed by atoms with Crippen LogP contribution in [-0.4, -0.2) is 25.5 Å². The van der Waals surface area contributed by atoms with Gasteiger partial charge in [0.1, 0.15) is 5.76 Å². The highest BCUT2D eigenvalue weighted by Crippen LogP contribution is 2.25. The summed E-state index contributed by atoms with van der Waals surface area (Å²) in [5.41, 5.74) is 1.37. The summed E-state index contributed by atoms with van der Waals surface area (Å²) in [5, 5.41) is 5.76. The molecule has 2 atom stereocenters. The summed E-state index contributed by atoms with van der Waals surface area (Å²) in [7, 11) is 4.16. The van der Waals surface area contributed by atoms with Crippen LogP contribution in [0, 0.1) is 6.92 Å². The third-order valence-corrected chi connectivity index (χ3v) is 4.61. The Morgan fingerprint density at radius 3 is 2.68 bits per heavy atom. The topological polar surface area (TPSA) is 28.4 Å². The molecule has 3 nitrogen and oxygen atoms in total. The third kappa shape index (κ3) is 3.47. The number of thiophene rings is 1. The largest absolute Gasteiger partial charge is 0.468 e. The van der Waals surface area contributed by atoms with E-state index in [0.29, 0.717) is 6.04 Å². The molecule has 0 saturated heterocycles. The lowest BCUT2D eigenvalue weighted by Crippen LogP contribution is -2.32. The normalized spacial score (nSPS) is 14.8. The van der Waals surface area contributed by atoms with Crippen molar-refractivity contribution >= 4 is 11.3 Å². The van der Waals surface area contributed by atoms with E-state index in [0.717, 1.165) is 12.3 Å². The van der Waals surface area contributed by atoms with Crippen molar-refractivity contribution in [3.05, 3.63) is 46.0 Å². The summed E-state index contributed by atoms with van der Waals surface area (Å²) in [6.45, 7) is 5.26. The molecule has 0 aliphatic heterocycles. The summed E-state index contributed by atoms with van der Waals surface area (Å²) < 4.78 is 5.52. The van der Waals surface area contributed by atoms with Crippen molar-refractivity contribution in [3.8, 4) is 0 Å². The standard InChI is InChI=1S/C15H22N2OS/c1-11-7-9-19-15(11)12(2)16-10-13(17(3)4)14-6-5-8-18-14/h5-9,12-13,16H,10H2,1-4H3. The van der Waals surface area contributed by atoms with Crippen LogP contribution in [0.15, 0.2) is 34.3 Å². The predicted octanol–water partition coefficient (Wildman–Crippen LogP) is 3.60. The van der Waals surface area contributed by atoms with Gasteiger partial charge in [-0.25, -0.2) is 0 Å². The molecule has 2 heterocycles. The molecular weight excluding hydrogens is 256 g/mol. The van der Waals surface area contributed by atoms with E-state index in [1.54, 1.807) is 6.26 Å². The van der Waals surface area contributed by atoms with Gasteiger partial charge < -0.3 is 9.73 Å². The Morgan fingerprint density at radius 1 is 1.37 bits per heavy atom. The summed E-state index contributed by atoms with van der Waals surface area (Å²) in [6.07, 6.45) is 1.73. The first-order chi connectivity index (χ1) is 9.09. The molecule has 2 rings (SSSR count). The molecule has 0 aliphatic carbocycles. The lowest BCUT2D eigenvalue weighted by molar-refractivity contribution is 0.245. The van der Waals surface area contributed by atoms with Gasteiger partial charge in [0.15, 0.2) is 0 Å². The number of rotatable bonds is 6. The molecule has 0 bridgehead atoms. The van der Waals surface area contributed by atoms with E-state index in [-0.39, 0.29) is 6.04 Å². The van der Waals surface area contributed by atoms with Gasteiger partial charge in [-0.1, -0.05) is 0 Å². The Hall–Kier alpha value is -1.10. The minimum atomic E-state index is 0.262. The van der Waals surface area contributed by atoms with E-state index in [1.165, 1.54) is 10.4 Å². The number of hydrogen-bond acceptors (Lipinski definition) is 4. The number of likely N-dealkylation sites (N-methyl/N-ethyl adjacent to an activating group) is 1. The van der Waals surface area contributed by atoms with Crippen LogP contribution in [0.1, 0.15) is 35.2 Å². The lowest BCUT2D eigenvalue weighted by Gasteiger charge is -2.24. The third-order valence-electron chi connectivity index (χ3n) is 3.41. The number of nitrogens with zero attached hydrogens (tertiary/aromatic N) is 1. The highest BCUT2D eigenvalue weighted by atomic mass is 32.1. The number of nitrogens with one attached hydrogen (secondary N) is 1. The fraction of sp³-hybridized carbons (Fsp3) is 0.467. The van der Waals surface area contributed by atoms with Crippen LogP contribution < -0.4 is 5.32 Å². The molecule has 0 amide bonds. The fourth-order valence-electron chi connectivity index (χ4n) is 2.23. The predicted molar refractivity (Wildman–Crippen MR) is 80.6 cm³/mol. The highest BCUT2D eigenvalue weighted by Gasteiger charge is 2.18. The first kappa shape index (κ1) is 14.3. The summed E-state index contributed by atoms with van der Waals surface area (Å²) in [6, 6.07) is 6.79. The second-order valence-corrected chi connectivity index (χ2v) is 6.04. The van der Waals surface area contributed by atoms with Gasteiger partial charge in [0.25, 0.3) is 0 Å². The maximum Gasteiger partial charge on any atom is 0.122 e. The van der Waals surface area contributed by atoms with E-state index in [2.05, 4.69) is 49.6 Å². The Balaban J connectivity index is 1.98. The zero-order valence-corrected chi connectivity index (χ0v) is 12.8. The molecule has 0 spiro atoms. The Morgan fingerprint density at radius 2 is 2.16 bits per heavy atom. The van der Waals surface area contributed by atoms with Crippen LogP contribution in [-0.2, 0) is 0 Å². The van der Waals surface area contributed by atoms with Crippen molar-refractivity contribution < 1.29 is 4.42 Å². The van der Waals surface area contributed by atoms with Crippen LogP contribution in [0.3, 0.4) is 0 Å². The van der Waals surface area contributed by atoms with Gasteiger partial charge in [0, 0.05) is 17.5 Å². The van der Waals surface area contributed by atoms with Crippen LogP contribution in [0.4, 0.5) is 0 Å². The molecule has 4 heteroatoms. The number of aryl methyl sites for hydroxylation is 1. The average Bonchev–Trinajstić information content (AvgIpc) is 3.00. The first-order valence-electron chi connectivity index (χ1n) is 6.56. The molecule has 1 N–H and O–H groups in total. The van der Waals surface area contributed by atoms with Crippen molar-refractivity contribution in [2.45, 2.75) is 25.9 Å². The van der Waals surface area contributed by atoms with Crippen LogP contribution in [0.5, 0.6) is 0 Å². The number of furan rings is 1. The first-order valence-corrected chi connectivity index (χ1v) is 7.44. The average molecular weight is 278 g/mol. The molecule has 2 unspecified atom stereocenters. The molecule has 2 aromatic heterocycles. The molecule has 2 aromatic rings. The van der Waals surface area contributed by atoms with Gasteiger partial charge in [0.05, 0.1) is 12.3 Å². The van der Waals surface area contributed by atoms with Crippen molar-refractivity contribution in [2.75, 3.05) is 20.6 Å². The molecule has 0 aromatic carbocycles. The van der Waals surface area contributed by atoms with Gasteiger partial charge in [0.2, 0.25) is 0 Å². The maximum absolute atomic E-state index is 5.52. The minimum absolute atomic E-state index is 0.262. The smallest absolute Gasteiger partial charge is 0.122 e. The summed E-state index contributed by atoms with van der Waals surface area (Å²) >= 11 is 1.82. The van der Waals surface area contributed by atoms with E-state index < -0.39 is 0 Å². The SMILES string of the molecule is Cc1ccsc1C(C)NCC(c1ccco1)N(C)C. The van der Waals surface area contributed by atoms with Crippen LogP contribution in [0.2, 0.25) is 0 Å². The molecule has 0 radical (unpaired) electrons. The summed E-state index contributed by atoms with van der Waals surface area (Å²) in [4.78, 5) is 3.59. The van der Waals surface area contributed by atoms with Crippen molar-refractivity contribution in [1.82, 2.24) is 10.2 Å². The Kier molecular flexibility index (Phi) is 4.80. The highest BCUT2D eigenvalue weighted by molar-refractivity contribution is 7.10. The molecule has 19 heavy (non-hydrogen) atoms. The van der Waals surface area contributed by atoms with Crippen molar-refractivity contribution in [2.24, 2.45) is 0 Å². The lowest BCUT2D eigenvalue weighted by atomic mass is 10.1. The van der Waals surface area contributed by atoms with Gasteiger partial charge in [-0.15, -0.1) is 11.3 Å². The van der Waals surface area contributed by atoms with E-state index in [9.17, 15) is 0 Å². The monoisotopic (exact) mass is 278 g/mol. The number of hydrogen-bond donors (Lipinski definition) is 1. The fourth-order valence-corrected chi connectivity index (χ4v) is 3.19. The van der Waals surface area contributed by atoms with Crippen molar-refractivity contribution in [3.63, 3.8) is 0 Å². The molecule has 0 saturated carbocycles.